The molecule has 5 nitrogen and oxygen atoms in total. The van der Waals surface area contributed by atoms with Crippen molar-refractivity contribution in [1.29, 1.82) is 0 Å². The van der Waals surface area contributed by atoms with E-state index in [0.717, 1.165) is 0 Å². The second-order valence-corrected chi connectivity index (χ2v) is 4.18. The lowest BCUT2D eigenvalue weighted by Crippen LogP contribution is -2.11. The number of hydrogen-bond acceptors (Lipinski definition) is 4. The number of H-pyrrole nitrogens is 1. The summed E-state index contributed by atoms with van der Waals surface area (Å²) in [5.74, 6) is 1.37. The molecule has 0 amide bonds. The Morgan fingerprint density at radius 3 is 2.71 bits per heavy atom. The van der Waals surface area contributed by atoms with Gasteiger partial charge in [-0.25, -0.2) is 4.98 Å². The van der Waals surface area contributed by atoms with E-state index < -0.39 is 0 Å². The van der Waals surface area contributed by atoms with Gasteiger partial charge in [-0.05, 0) is 34.7 Å². The maximum atomic E-state index is 11.4. The Balaban J connectivity index is 2.38. The van der Waals surface area contributed by atoms with Crippen LogP contribution in [0.4, 0.5) is 0 Å². The van der Waals surface area contributed by atoms with Crippen molar-refractivity contribution in [2.75, 3.05) is 7.11 Å². The molecule has 0 atom stereocenters. The van der Waals surface area contributed by atoms with Crippen molar-refractivity contribution in [3.8, 4) is 17.4 Å². The van der Waals surface area contributed by atoms with Crippen LogP contribution >= 0.6 is 22.6 Å². The van der Waals surface area contributed by atoms with E-state index in [0.29, 0.717) is 15.1 Å². The van der Waals surface area contributed by atoms with Crippen LogP contribution in [0.3, 0.4) is 0 Å². The molecular formula is C11H9IN2O3. The first-order chi connectivity index (χ1) is 8.22. The lowest BCUT2D eigenvalue weighted by Gasteiger charge is -2.09. The van der Waals surface area contributed by atoms with E-state index in [-0.39, 0.29) is 11.4 Å². The average molecular weight is 344 g/mol. The van der Waals surface area contributed by atoms with Crippen LogP contribution in [0, 0.1) is 3.57 Å². The van der Waals surface area contributed by atoms with Gasteiger partial charge in [-0.2, -0.15) is 0 Å². The molecule has 0 spiro atoms. The van der Waals surface area contributed by atoms with Gasteiger partial charge < -0.3 is 14.5 Å². The van der Waals surface area contributed by atoms with Gasteiger partial charge in [-0.15, -0.1) is 0 Å². The zero-order valence-corrected chi connectivity index (χ0v) is 11.1. The molecular weight excluding hydrogens is 335 g/mol. The number of methoxy groups -OCH3 is 1. The Morgan fingerprint density at radius 2 is 2.00 bits per heavy atom. The van der Waals surface area contributed by atoms with Crippen molar-refractivity contribution < 1.29 is 9.47 Å². The van der Waals surface area contributed by atoms with Gasteiger partial charge in [0.25, 0.3) is 5.56 Å². The van der Waals surface area contributed by atoms with Gasteiger partial charge in [0.15, 0.2) is 11.5 Å². The summed E-state index contributed by atoms with van der Waals surface area (Å²) in [4.78, 5) is 17.8. The molecule has 88 valence electrons. The van der Waals surface area contributed by atoms with E-state index >= 15 is 0 Å². The highest BCUT2D eigenvalue weighted by molar-refractivity contribution is 14.1. The Labute approximate surface area is 111 Å². The highest BCUT2D eigenvalue weighted by Crippen LogP contribution is 2.30. The monoisotopic (exact) mass is 344 g/mol. The maximum absolute atomic E-state index is 11.4. The van der Waals surface area contributed by atoms with Crippen LogP contribution in [0.2, 0.25) is 0 Å². The van der Waals surface area contributed by atoms with Gasteiger partial charge in [0.05, 0.1) is 13.4 Å². The lowest BCUT2D eigenvalue weighted by atomic mass is 10.3. The fourth-order valence-corrected chi connectivity index (χ4v) is 1.65. The highest BCUT2D eigenvalue weighted by atomic mass is 127. The minimum atomic E-state index is -0.231. The van der Waals surface area contributed by atoms with Gasteiger partial charge in [-0.1, -0.05) is 12.1 Å². The van der Waals surface area contributed by atoms with Crippen LogP contribution in [0.1, 0.15) is 0 Å². The van der Waals surface area contributed by atoms with Crippen molar-refractivity contribution >= 4 is 22.6 Å². The fourth-order valence-electron chi connectivity index (χ4n) is 1.25. The summed E-state index contributed by atoms with van der Waals surface area (Å²) in [6.45, 7) is 0. The number of benzene rings is 1. The van der Waals surface area contributed by atoms with E-state index in [2.05, 4.69) is 9.97 Å². The number of aromatic nitrogens is 2. The number of hydrogen-bond donors (Lipinski definition) is 1. The van der Waals surface area contributed by atoms with E-state index in [1.807, 2.05) is 34.7 Å². The summed E-state index contributed by atoms with van der Waals surface area (Å²) in [6, 6.07) is 7.17. The molecule has 0 aliphatic heterocycles. The quantitative estimate of drug-likeness (QED) is 0.867. The van der Waals surface area contributed by atoms with Crippen LogP contribution in [0.5, 0.6) is 17.4 Å². The van der Waals surface area contributed by atoms with Crippen LogP contribution < -0.4 is 15.0 Å². The second kappa shape index (κ2) is 5.17. The normalized spacial score (nSPS) is 10.0. The standard InChI is InChI=1S/C11H9IN2O3/c1-16-7-4-2-3-5-8(7)17-11-9(12)10(15)13-6-14-11/h2-6H,1H3,(H,13,14,15). The smallest absolute Gasteiger partial charge is 0.268 e. The van der Waals surface area contributed by atoms with Crippen LogP contribution in [0.15, 0.2) is 35.4 Å². The van der Waals surface area contributed by atoms with E-state index in [1.165, 1.54) is 6.33 Å². The lowest BCUT2D eigenvalue weighted by molar-refractivity contribution is 0.372. The first-order valence-electron chi connectivity index (χ1n) is 4.76. The number of halogens is 1. The van der Waals surface area contributed by atoms with Crippen molar-refractivity contribution in [3.05, 3.63) is 44.5 Å². The van der Waals surface area contributed by atoms with Crippen LogP contribution in [-0.2, 0) is 0 Å². The van der Waals surface area contributed by atoms with Crippen LogP contribution in [-0.4, -0.2) is 17.1 Å². The summed E-state index contributed by atoms with van der Waals surface area (Å²) in [7, 11) is 1.55. The summed E-state index contributed by atoms with van der Waals surface area (Å²) in [5.41, 5.74) is -0.231. The minimum Gasteiger partial charge on any atom is -0.493 e. The number of ether oxygens (including phenoxy) is 2. The third-order valence-electron chi connectivity index (χ3n) is 2.04. The number of nitrogens with zero attached hydrogens (tertiary/aromatic N) is 1. The zero-order chi connectivity index (χ0) is 12.3. The van der Waals surface area contributed by atoms with Gasteiger partial charge in [-0.3, -0.25) is 4.79 Å². The number of para-hydroxylation sites is 2. The van der Waals surface area contributed by atoms with Crippen molar-refractivity contribution in [3.63, 3.8) is 0 Å². The zero-order valence-electron chi connectivity index (χ0n) is 8.94. The third-order valence-corrected chi connectivity index (χ3v) is 2.99. The SMILES string of the molecule is COc1ccccc1Oc1nc[nH]c(=O)c1I. The Kier molecular flexibility index (Phi) is 3.62. The predicted molar refractivity (Wildman–Crippen MR) is 70.6 cm³/mol. The van der Waals surface area contributed by atoms with Crippen molar-refractivity contribution in [2.45, 2.75) is 0 Å². The molecule has 0 aliphatic carbocycles. The molecule has 1 aromatic carbocycles. The van der Waals surface area contributed by atoms with Gasteiger partial charge in [0.1, 0.15) is 3.57 Å². The molecule has 1 N–H and O–H groups in total. The molecule has 0 radical (unpaired) electrons. The molecule has 2 aromatic rings. The Morgan fingerprint density at radius 1 is 1.29 bits per heavy atom. The molecule has 0 saturated heterocycles. The molecule has 0 bridgehead atoms. The Hall–Kier alpha value is -1.57. The first-order valence-corrected chi connectivity index (χ1v) is 5.84. The number of rotatable bonds is 3. The predicted octanol–water partition coefficient (Wildman–Crippen LogP) is 2.18. The average Bonchev–Trinajstić information content (AvgIpc) is 2.35. The molecule has 0 saturated carbocycles. The maximum Gasteiger partial charge on any atom is 0.268 e. The minimum absolute atomic E-state index is 0.231. The van der Waals surface area contributed by atoms with Gasteiger partial charge >= 0.3 is 0 Å². The third kappa shape index (κ3) is 2.57. The Bertz CT molecular complexity index is 583. The van der Waals surface area contributed by atoms with Gasteiger partial charge in [0, 0.05) is 0 Å². The second-order valence-electron chi connectivity index (χ2n) is 3.10. The molecule has 0 fully saturated rings. The molecule has 2 rings (SSSR count). The number of nitrogens with one attached hydrogen (secondary N) is 1. The van der Waals surface area contributed by atoms with Crippen molar-refractivity contribution in [1.82, 2.24) is 9.97 Å². The largest absolute Gasteiger partial charge is 0.493 e. The summed E-state index contributed by atoms with van der Waals surface area (Å²) < 4.78 is 11.1. The molecule has 1 aromatic heterocycles. The van der Waals surface area contributed by atoms with Crippen LogP contribution in [0.25, 0.3) is 0 Å². The highest BCUT2D eigenvalue weighted by Gasteiger charge is 2.10. The fraction of sp³-hybridized carbons (Fsp3) is 0.0909. The van der Waals surface area contributed by atoms with Crippen molar-refractivity contribution in [2.24, 2.45) is 0 Å². The number of aromatic amines is 1. The summed E-state index contributed by atoms with van der Waals surface area (Å²) in [5, 5.41) is 0. The topological polar surface area (TPSA) is 64.2 Å². The summed E-state index contributed by atoms with van der Waals surface area (Å²) >= 11 is 1.88. The molecule has 1 heterocycles. The van der Waals surface area contributed by atoms with E-state index in [4.69, 9.17) is 9.47 Å². The van der Waals surface area contributed by atoms with Gasteiger partial charge in [0.2, 0.25) is 5.88 Å². The molecule has 6 heteroatoms. The molecule has 0 unspecified atom stereocenters. The molecule has 17 heavy (non-hydrogen) atoms. The molecule has 0 aliphatic rings. The summed E-state index contributed by atoms with van der Waals surface area (Å²) in [6.07, 6.45) is 1.30. The van der Waals surface area contributed by atoms with E-state index in [9.17, 15) is 4.79 Å². The van der Waals surface area contributed by atoms with E-state index in [1.54, 1.807) is 19.2 Å². The first kappa shape index (κ1) is 11.9.